The van der Waals surface area contributed by atoms with Gasteiger partial charge in [0.05, 0.1) is 20.4 Å². The van der Waals surface area contributed by atoms with E-state index >= 15 is 0 Å². The molecule has 4 heteroatoms. The van der Waals surface area contributed by atoms with E-state index in [-0.39, 0.29) is 0 Å². The molecule has 29 heavy (non-hydrogen) atoms. The quantitative estimate of drug-likeness (QED) is 0.619. The van der Waals surface area contributed by atoms with Gasteiger partial charge in [0.15, 0.2) is 0 Å². The Morgan fingerprint density at radius 3 is 2.34 bits per heavy atom. The van der Waals surface area contributed by atoms with Crippen LogP contribution in [0.1, 0.15) is 22.3 Å². The monoisotopic (exact) mass is 385 g/mol. The molecule has 1 heterocycles. The third-order valence-corrected chi connectivity index (χ3v) is 5.42. The van der Waals surface area contributed by atoms with Gasteiger partial charge in [-0.15, -0.1) is 0 Å². The van der Waals surface area contributed by atoms with E-state index in [0.29, 0.717) is 6.67 Å². The normalized spacial score (nSPS) is 14.6. The Labute approximate surface area is 173 Å². The molecular formula is C25H27N3O. The van der Waals surface area contributed by atoms with Crippen LogP contribution in [0.5, 0.6) is 5.75 Å². The van der Waals surface area contributed by atoms with Crippen molar-refractivity contribution in [2.45, 2.75) is 20.4 Å². The van der Waals surface area contributed by atoms with Gasteiger partial charge in [0, 0.05) is 17.8 Å². The topological polar surface area (TPSA) is 28.1 Å². The Kier molecular flexibility index (Phi) is 5.63. The molecule has 0 aromatic heterocycles. The molecule has 0 saturated heterocycles. The summed E-state index contributed by atoms with van der Waals surface area (Å²) in [6.45, 7) is 6.63. The van der Waals surface area contributed by atoms with Crippen molar-refractivity contribution in [3.8, 4) is 5.75 Å². The Morgan fingerprint density at radius 2 is 1.66 bits per heavy atom. The number of aryl methyl sites for hydroxylation is 2. The number of nitrogens with zero attached hydrogens (tertiary/aromatic N) is 3. The third-order valence-electron chi connectivity index (χ3n) is 5.42. The SMILES string of the molecule is COc1ccc(CN2CN=C(c3ccccc3)N(c3ccc(C)c(C)c3)C2)cc1. The van der Waals surface area contributed by atoms with Gasteiger partial charge in [0.25, 0.3) is 0 Å². The average molecular weight is 386 g/mol. The van der Waals surface area contributed by atoms with E-state index in [4.69, 9.17) is 9.73 Å². The lowest BCUT2D eigenvalue weighted by molar-refractivity contribution is 0.273. The molecule has 148 valence electrons. The lowest BCUT2D eigenvalue weighted by Crippen LogP contribution is -2.46. The fourth-order valence-electron chi connectivity index (χ4n) is 3.58. The molecular weight excluding hydrogens is 358 g/mol. The van der Waals surface area contributed by atoms with Crippen molar-refractivity contribution >= 4 is 11.5 Å². The second-order valence-corrected chi connectivity index (χ2v) is 7.50. The Morgan fingerprint density at radius 1 is 0.897 bits per heavy atom. The van der Waals surface area contributed by atoms with Crippen molar-refractivity contribution in [3.05, 3.63) is 95.1 Å². The first-order valence-corrected chi connectivity index (χ1v) is 9.94. The molecule has 0 spiro atoms. The van der Waals surface area contributed by atoms with E-state index in [1.165, 1.54) is 22.4 Å². The van der Waals surface area contributed by atoms with Crippen LogP contribution < -0.4 is 9.64 Å². The van der Waals surface area contributed by atoms with E-state index < -0.39 is 0 Å². The molecule has 1 aliphatic rings. The highest BCUT2D eigenvalue weighted by Crippen LogP contribution is 2.25. The van der Waals surface area contributed by atoms with Gasteiger partial charge in [-0.25, -0.2) is 0 Å². The van der Waals surface area contributed by atoms with Crippen molar-refractivity contribution in [1.82, 2.24) is 4.90 Å². The zero-order valence-corrected chi connectivity index (χ0v) is 17.3. The zero-order chi connectivity index (χ0) is 20.2. The maximum absolute atomic E-state index is 5.27. The van der Waals surface area contributed by atoms with E-state index in [1.807, 2.05) is 18.2 Å². The second kappa shape index (κ2) is 8.50. The standard InChI is InChI=1S/C25H27N3O/c1-19-9-12-23(15-20(19)2)28-18-27(16-21-10-13-24(29-3)14-11-21)17-26-25(28)22-7-5-4-6-8-22/h4-15H,16-18H2,1-3H3. The molecule has 0 fully saturated rings. The predicted molar refractivity (Wildman–Crippen MR) is 120 cm³/mol. The van der Waals surface area contributed by atoms with Gasteiger partial charge in [-0.05, 0) is 54.8 Å². The van der Waals surface area contributed by atoms with Gasteiger partial charge in [0.1, 0.15) is 11.6 Å². The number of anilines is 1. The molecule has 0 N–H and O–H groups in total. The molecule has 3 aromatic carbocycles. The van der Waals surface area contributed by atoms with Gasteiger partial charge < -0.3 is 9.64 Å². The van der Waals surface area contributed by atoms with Gasteiger partial charge >= 0.3 is 0 Å². The summed E-state index contributed by atoms with van der Waals surface area (Å²) in [5.41, 5.74) is 6.18. The largest absolute Gasteiger partial charge is 0.497 e. The van der Waals surface area contributed by atoms with Crippen LogP contribution in [-0.2, 0) is 6.54 Å². The van der Waals surface area contributed by atoms with Crippen molar-refractivity contribution < 1.29 is 4.74 Å². The minimum atomic E-state index is 0.678. The fraction of sp³-hybridized carbons (Fsp3) is 0.240. The van der Waals surface area contributed by atoms with Gasteiger partial charge in [-0.2, -0.15) is 0 Å². The van der Waals surface area contributed by atoms with Gasteiger partial charge in [-0.3, -0.25) is 9.89 Å². The summed E-state index contributed by atoms with van der Waals surface area (Å²) in [6.07, 6.45) is 0. The summed E-state index contributed by atoms with van der Waals surface area (Å²) in [6, 6.07) is 25.4. The highest BCUT2D eigenvalue weighted by Gasteiger charge is 2.23. The molecule has 0 radical (unpaired) electrons. The molecule has 0 atom stereocenters. The predicted octanol–water partition coefficient (Wildman–Crippen LogP) is 5.00. The molecule has 4 nitrogen and oxygen atoms in total. The van der Waals surface area contributed by atoms with Crippen molar-refractivity contribution in [2.75, 3.05) is 25.3 Å². The summed E-state index contributed by atoms with van der Waals surface area (Å²) < 4.78 is 5.27. The smallest absolute Gasteiger partial charge is 0.137 e. The van der Waals surface area contributed by atoms with Crippen LogP contribution in [0.25, 0.3) is 0 Å². The van der Waals surface area contributed by atoms with Crippen LogP contribution in [0.2, 0.25) is 0 Å². The summed E-state index contributed by atoms with van der Waals surface area (Å²) in [5, 5.41) is 0. The number of benzene rings is 3. The number of hydrogen-bond acceptors (Lipinski definition) is 4. The zero-order valence-electron chi connectivity index (χ0n) is 17.3. The first-order chi connectivity index (χ1) is 14.1. The highest BCUT2D eigenvalue weighted by molar-refractivity contribution is 6.10. The van der Waals surface area contributed by atoms with E-state index in [9.17, 15) is 0 Å². The number of methoxy groups -OCH3 is 1. The molecule has 0 aliphatic carbocycles. The molecule has 0 bridgehead atoms. The Hall–Kier alpha value is -3.11. The first-order valence-electron chi connectivity index (χ1n) is 9.94. The lowest BCUT2D eigenvalue weighted by atomic mass is 10.1. The Balaban J connectivity index is 1.63. The summed E-state index contributed by atoms with van der Waals surface area (Å²) in [7, 11) is 1.70. The minimum absolute atomic E-state index is 0.678. The summed E-state index contributed by atoms with van der Waals surface area (Å²) >= 11 is 0. The van der Waals surface area contributed by atoms with Gasteiger partial charge in [-0.1, -0.05) is 48.5 Å². The van der Waals surface area contributed by atoms with Crippen molar-refractivity contribution in [1.29, 1.82) is 0 Å². The molecule has 1 aliphatic heterocycles. The second-order valence-electron chi connectivity index (χ2n) is 7.50. The Bertz CT molecular complexity index is 996. The maximum Gasteiger partial charge on any atom is 0.137 e. The number of rotatable bonds is 5. The molecule has 0 saturated carbocycles. The van der Waals surface area contributed by atoms with Crippen molar-refractivity contribution in [3.63, 3.8) is 0 Å². The number of ether oxygens (including phenoxy) is 1. The highest BCUT2D eigenvalue weighted by atomic mass is 16.5. The van der Waals surface area contributed by atoms with Crippen molar-refractivity contribution in [2.24, 2.45) is 4.99 Å². The van der Waals surface area contributed by atoms with Gasteiger partial charge in [0.2, 0.25) is 0 Å². The number of aliphatic imine (C=N–C) groups is 1. The minimum Gasteiger partial charge on any atom is -0.497 e. The van der Waals surface area contributed by atoms with Crippen LogP contribution in [-0.4, -0.2) is 31.2 Å². The van der Waals surface area contributed by atoms with E-state index in [2.05, 4.69) is 78.2 Å². The summed E-state index contributed by atoms with van der Waals surface area (Å²) in [5.74, 6) is 1.91. The average Bonchev–Trinajstić information content (AvgIpc) is 2.77. The lowest BCUT2D eigenvalue weighted by Gasteiger charge is -2.36. The first kappa shape index (κ1) is 19.2. The molecule has 4 rings (SSSR count). The fourth-order valence-corrected chi connectivity index (χ4v) is 3.58. The molecule has 0 unspecified atom stereocenters. The third kappa shape index (κ3) is 4.33. The van der Waals surface area contributed by atoms with Crippen LogP contribution in [0, 0.1) is 13.8 Å². The maximum atomic E-state index is 5.27. The van der Waals surface area contributed by atoms with Crippen LogP contribution in [0.15, 0.2) is 77.8 Å². The van der Waals surface area contributed by atoms with E-state index in [0.717, 1.165) is 30.4 Å². The van der Waals surface area contributed by atoms with Crippen LogP contribution in [0.4, 0.5) is 5.69 Å². The molecule has 0 amide bonds. The van der Waals surface area contributed by atoms with Crippen LogP contribution in [0.3, 0.4) is 0 Å². The number of amidine groups is 1. The summed E-state index contributed by atoms with van der Waals surface area (Å²) in [4.78, 5) is 9.63. The number of hydrogen-bond donors (Lipinski definition) is 0. The van der Waals surface area contributed by atoms with Crippen LogP contribution >= 0.6 is 0 Å². The molecule has 3 aromatic rings. The van der Waals surface area contributed by atoms with E-state index in [1.54, 1.807) is 7.11 Å².